The third-order valence-electron chi connectivity index (χ3n) is 3.30. The van der Waals surface area contributed by atoms with Crippen LogP contribution in [0.25, 0.3) is 0 Å². The van der Waals surface area contributed by atoms with Crippen LogP contribution in [0.2, 0.25) is 0 Å². The lowest BCUT2D eigenvalue weighted by Crippen LogP contribution is -1.99. The van der Waals surface area contributed by atoms with E-state index in [0.29, 0.717) is 19.0 Å². The van der Waals surface area contributed by atoms with Gasteiger partial charge in [-0.2, -0.15) is 0 Å². The van der Waals surface area contributed by atoms with Gasteiger partial charge in [-0.05, 0) is 43.9 Å². The molecule has 0 spiro atoms. The van der Waals surface area contributed by atoms with Crippen LogP contribution in [0.15, 0.2) is 53.4 Å². The van der Waals surface area contributed by atoms with Crippen LogP contribution < -0.4 is 0 Å². The highest BCUT2D eigenvalue weighted by atomic mass is 32.7. The van der Waals surface area contributed by atoms with Gasteiger partial charge in [-0.1, -0.05) is 41.7 Å². The molecular weight excluding hydrogens is 359 g/mol. The molecule has 1 N–H and O–H groups in total. The van der Waals surface area contributed by atoms with Gasteiger partial charge < -0.3 is 14.2 Å². The third kappa shape index (κ3) is 5.40. The summed E-state index contributed by atoms with van der Waals surface area (Å²) >= 11 is 3.34. The average Bonchev–Trinajstić information content (AvgIpc) is 2.61. The molecule has 24 heavy (non-hydrogen) atoms. The van der Waals surface area contributed by atoms with Gasteiger partial charge in [-0.15, -0.1) is 11.8 Å². The van der Waals surface area contributed by atoms with Gasteiger partial charge in [0.2, 0.25) is 7.58 Å². The highest BCUT2D eigenvalue weighted by Crippen LogP contribution is 2.60. The van der Waals surface area contributed by atoms with Crippen molar-refractivity contribution in [2.45, 2.75) is 24.0 Å². The molecule has 130 valence electrons. The average molecular weight is 382 g/mol. The van der Waals surface area contributed by atoms with E-state index in [-0.39, 0.29) is 5.25 Å². The Labute approximate surface area is 153 Å². The molecule has 0 amide bonds. The maximum atomic E-state index is 10.3. The number of thioether (sulfide) groups is 1. The summed E-state index contributed by atoms with van der Waals surface area (Å²) in [5.74, 6) is 0.298. The van der Waals surface area contributed by atoms with E-state index in [4.69, 9.17) is 9.05 Å². The lowest BCUT2D eigenvalue weighted by molar-refractivity contribution is 0.283. The maximum Gasteiger partial charge on any atom is 0.238 e. The predicted octanol–water partition coefficient (Wildman–Crippen LogP) is 6.24. The van der Waals surface area contributed by atoms with E-state index in [1.54, 1.807) is 29.2 Å². The van der Waals surface area contributed by atoms with Gasteiger partial charge in [0.05, 0.1) is 18.5 Å². The molecule has 0 saturated heterocycles. The SMILES string of the molecule is CCOP(OCC)SC(c1ccc(SC)cc1)c1ccccc1O. The van der Waals surface area contributed by atoms with Gasteiger partial charge in [0, 0.05) is 10.5 Å². The predicted molar refractivity (Wildman–Crippen MR) is 106 cm³/mol. The van der Waals surface area contributed by atoms with Gasteiger partial charge in [-0.3, -0.25) is 0 Å². The summed E-state index contributed by atoms with van der Waals surface area (Å²) in [4.78, 5) is 1.22. The fraction of sp³-hybridized carbons (Fsp3) is 0.333. The molecule has 0 fully saturated rings. The van der Waals surface area contributed by atoms with E-state index in [9.17, 15) is 5.11 Å². The molecule has 0 aromatic heterocycles. The first-order chi connectivity index (χ1) is 11.7. The Bertz CT molecular complexity index is 616. The minimum absolute atomic E-state index is 0.0358. The largest absolute Gasteiger partial charge is 0.508 e. The second-order valence-corrected chi connectivity index (χ2v) is 8.93. The van der Waals surface area contributed by atoms with Crippen molar-refractivity contribution in [1.82, 2.24) is 0 Å². The number of para-hydroxylation sites is 1. The number of phenols is 1. The second kappa shape index (κ2) is 10.3. The van der Waals surface area contributed by atoms with Crippen molar-refractivity contribution < 1.29 is 14.2 Å². The fourth-order valence-electron chi connectivity index (χ4n) is 2.18. The van der Waals surface area contributed by atoms with Gasteiger partial charge in [-0.25, -0.2) is 0 Å². The molecule has 0 bridgehead atoms. The van der Waals surface area contributed by atoms with E-state index >= 15 is 0 Å². The number of aromatic hydroxyl groups is 1. The Kier molecular flexibility index (Phi) is 8.43. The van der Waals surface area contributed by atoms with Gasteiger partial charge in [0.25, 0.3) is 0 Å². The summed E-state index contributed by atoms with van der Waals surface area (Å²) < 4.78 is 11.5. The summed E-state index contributed by atoms with van der Waals surface area (Å²) in [6.45, 7) is 5.16. The lowest BCUT2D eigenvalue weighted by atomic mass is 10.0. The van der Waals surface area contributed by atoms with Gasteiger partial charge in [0.15, 0.2) is 0 Å². The minimum Gasteiger partial charge on any atom is -0.508 e. The Hall–Kier alpha value is -0.710. The molecule has 1 unspecified atom stereocenters. The summed E-state index contributed by atoms with van der Waals surface area (Å²) in [5, 5.41) is 10.3. The van der Waals surface area contributed by atoms with Crippen molar-refractivity contribution in [2.24, 2.45) is 0 Å². The van der Waals surface area contributed by atoms with Crippen molar-refractivity contribution >= 4 is 30.7 Å². The maximum absolute atomic E-state index is 10.3. The van der Waals surface area contributed by atoms with Crippen molar-refractivity contribution in [3.63, 3.8) is 0 Å². The zero-order valence-corrected chi connectivity index (χ0v) is 16.7. The number of hydrogen-bond donors (Lipinski definition) is 1. The molecule has 2 aromatic carbocycles. The molecule has 0 heterocycles. The van der Waals surface area contributed by atoms with E-state index in [0.717, 1.165) is 11.1 Å². The number of hydrogen-bond acceptors (Lipinski definition) is 5. The number of phenolic OH excluding ortho intramolecular Hbond substituents is 1. The lowest BCUT2D eigenvalue weighted by Gasteiger charge is -2.23. The number of benzene rings is 2. The first kappa shape index (κ1) is 19.6. The summed E-state index contributed by atoms with van der Waals surface area (Å²) in [7, 11) is -1.07. The van der Waals surface area contributed by atoms with E-state index < -0.39 is 7.58 Å². The van der Waals surface area contributed by atoms with E-state index in [2.05, 4.69) is 30.5 Å². The molecule has 0 radical (unpaired) electrons. The third-order valence-corrected chi connectivity index (χ3v) is 7.67. The minimum atomic E-state index is -1.07. The van der Waals surface area contributed by atoms with Crippen LogP contribution in [-0.2, 0) is 9.05 Å². The molecule has 3 nitrogen and oxygen atoms in total. The van der Waals surface area contributed by atoms with Crippen molar-refractivity contribution in [1.29, 1.82) is 0 Å². The molecule has 0 aliphatic heterocycles. The summed E-state index contributed by atoms with van der Waals surface area (Å²) in [6.07, 6.45) is 2.06. The van der Waals surface area contributed by atoms with E-state index in [1.807, 2.05) is 32.0 Å². The second-order valence-electron chi connectivity index (χ2n) is 4.88. The van der Waals surface area contributed by atoms with Crippen molar-refractivity contribution in [2.75, 3.05) is 19.5 Å². The van der Waals surface area contributed by atoms with Crippen LogP contribution in [0.3, 0.4) is 0 Å². The molecule has 2 aromatic rings. The summed E-state index contributed by atoms with van der Waals surface area (Å²) in [6, 6.07) is 15.9. The van der Waals surface area contributed by atoms with Crippen LogP contribution in [0.4, 0.5) is 0 Å². The van der Waals surface area contributed by atoms with Crippen molar-refractivity contribution in [3.05, 3.63) is 59.7 Å². The smallest absolute Gasteiger partial charge is 0.238 e. The van der Waals surface area contributed by atoms with Crippen LogP contribution in [0.1, 0.15) is 30.2 Å². The Balaban J connectivity index is 2.34. The monoisotopic (exact) mass is 382 g/mol. The van der Waals surface area contributed by atoms with E-state index in [1.165, 1.54) is 4.90 Å². The first-order valence-electron chi connectivity index (χ1n) is 7.84. The highest BCUT2D eigenvalue weighted by Gasteiger charge is 2.24. The molecule has 1 atom stereocenters. The zero-order valence-electron chi connectivity index (χ0n) is 14.1. The summed E-state index contributed by atoms with van der Waals surface area (Å²) in [5.41, 5.74) is 2.01. The standard InChI is InChI=1S/C18H23O3PS2/c1-4-20-22(21-5-2)24-18(16-8-6-7-9-17(16)19)14-10-12-15(23-3)13-11-14/h6-13,18-19H,4-5H2,1-3H3. The molecular formula is C18H23O3PS2. The van der Waals surface area contributed by atoms with Gasteiger partial charge in [0.1, 0.15) is 5.75 Å². The Morgan fingerprint density at radius 1 is 1.00 bits per heavy atom. The molecule has 0 saturated carbocycles. The number of rotatable bonds is 9. The molecule has 6 heteroatoms. The topological polar surface area (TPSA) is 38.7 Å². The highest BCUT2D eigenvalue weighted by molar-refractivity contribution is 8.53. The normalized spacial score (nSPS) is 12.5. The van der Waals surface area contributed by atoms with Crippen LogP contribution in [0, 0.1) is 0 Å². The molecule has 0 aliphatic carbocycles. The van der Waals surface area contributed by atoms with Crippen molar-refractivity contribution in [3.8, 4) is 5.75 Å². The first-order valence-corrected chi connectivity index (χ1v) is 11.7. The zero-order chi connectivity index (χ0) is 17.4. The Morgan fingerprint density at radius 3 is 2.17 bits per heavy atom. The molecule has 0 aliphatic rings. The van der Waals surface area contributed by atoms with Crippen LogP contribution >= 0.6 is 30.7 Å². The van der Waals surface area contributed by atoms with Gasteiger partial charge >= 0.3 is 0 Å². The van der Waals surface area contributed by atoms with Crippen LogP contribution in [0.5, 0.6) is 5.75 Å². The quantitative estimate of drug-likeness (QED) is 0.411. The van der Waals surface area contributed by atoms with Crippen LogP contribution in [-0.4, -0.2) is 24.6 Å². The molecule has 2 rings (SSSR count). The Morgan fingerprint density at radius 2 is 1.62 bits per heavy atom. The fourth-order valence-corrected chi connectivity index (χ4v) is 6.19.